The van der Waals surface area contributed by atoms with Gasteiger partial charge in [-0.1, -0.05) is 6.07 Å². The Labute approximate surface area is 105 Å². The predicted octanol–water partition coefficient (Wildman–Crippen LogP) is 1.92. The second-order valence-corrected chi connectivity index (χ2v) is 3.67. The normalized spacial score (nSPS) is 13.7. The van der Waals surface area contributed by atoms with Crippen LogP contribution in [0.2, 0.25) is 0 Å². The van der Waals surface area contributed by atoms with E-state index < -0.39 is 5.97 Å². The molecule has 0 spiro atoms. The minimum atomic E-state index is -0.562. The summed E-state index contributed by atoms with van der Waals surface area (Å²) >= 11 is 0. The number of carbonyl (C=O) groups excluding carboxylic acids is 1. The van der Waals surface area contributed by atoms with E-state index in [4.69, 9.17) is 14.2 Å². The summed E-state index contributed by atoms with van der Waals surface area (Å²) in [5, 5.41) is 9.79. The third kappa shape index (κ3) is 1.99. The molecular weight excluding hydrogens is 236 g/mol. The van der Waals surface area contributed by atoms with E-state index in [1.807, 2.05) is 0 Å². The van der Waals surface area contributed by atoms with Crippen molar-refractivity contribution in [2.75, 3.05) is 20.3 Å². The minimum absolute atomic E-state index is 0.0679. The van der Waals surface area contributed by atoms with Crippen LogP contribution in [-0.2, 0) is 9.53 Å². The number of esters is 1. The quantitative estimate of drug-likeness (QED) is 0.830. The first kappa shape index (κ1) is 12.3. The maximum absolute atomic E-state index is 11.8. The van der Waals surface area contributed by atoms with Gasteiger partial charge < -0.3 is 19.3 Å². The SMILES string of the molecule is CCOC(=O)C1=C(O)COc2c(OC)cccc21. The van der Waals surface area contributed by atoms with E-state index in [1.54, 1.807) is 25.1 Å². The van der Waals surface area contributed by atoms with E-state index in [1.165, 1.54) is 7.11 Å². The van der Waals surface area contributed by atoms with E-state index in [2.05, 4.69) is 0 Å². The largest absolute Gasteiger partial charge is 0.508 e. The molecule has 0 saturated carbocycles. The number of aliphatic hydroxyl groups excluding tert-OH is 1. The third-order valence-corrected chi connectivity index (χ3v) is 2.59. The maximum atomic E-state index is 11.8. The van der Waals surface area contributed by atoms with Crippen LogP contribution in [0.25, 0.3) is 5.57 Å². The van der Waals surface area contributed by atoms with Gasteiger partial charge in [0.05, 0.1) is 13.7 Å². The van der Waals surface area contributed by atoms with Gasteiger partial charge in [0.1, 0.15) is 17.9 Å². The van der Waals surface area contributed by atoms with Gasteiger partial charge in [-0.3, -0.25) is 0 Å². The van der Waals surface area contributed by atoms with Gasteiger partial charge in [-0.2, -0.15) is 0 Å². The Balaban J connectivity index is 2.51. The van der Waals surface area contributed by atoms with Crippen LogP contribution in [0.5, 0.6) is 11.5 Å². The summed E-state index contributed by atoms with van der Waals surface area (Å²) in [5.41, 5.74) is 0.619. The zero-order valence-electron chi connectivity index (χ0n) is 10.2. The first-order valence-electron chi connectivity index (χ1n) is 5.58. The summed E-state index contributed by atoms with van der Waals surface area (Å²) in [6.45, 7) is 1.89. The summed E-state index contributed by atoms with van der Waals surface area (Å²) in [4.78, 5) is 11.8. The molecule has 1 N–H and O–H groups in total. The predicted molar refractivity (Wildman–Crippen MR) is 64.7 cm³/mol. The van der Waals surface area contributed by atoms with Gasteiger partial charge >= 0.3 is 5.97 Å². The molecule has 0 aliphatic carbocycles. The lowest BCUT2D eigenvalue weighted by atomic mass is 10.0. The third-order valence-electron chi connectivity index (χ3n) is 2.59. The number of fused-ring (bicyclic) bond motifs is 1. The van der Waals surface area contributed by atoms with E-state index in [-0.39, 0.29) is 24.5 Å². The molecule has 0 bridgehead atoms. The summed E-state index contributed by atoms with van der Waals surface area (Å²) in [6.07, 6.45) is 0. The van der Waals surface area contributed by atoms with Crippen molar-refractivity contribution in [2.24, 2.45) is 0 Å². The molecule has 0 atom stereocenters. The smallest absolute Gasteiger partial charge is 0.342 e. The maximum Gasteiger partial charge on any atom is 0.342 e. The lowest BCUT2D eigenvalue weighted by molar-refractivity contribution is -0.136. The number of hydrogen-bond acceptors (Lipinski definition) is 5. The fraction of sp³-hybridized carbons (Fsp3) is 0.308. The zero-order chi connectivity index (χ0) is 13.1. The average molecular weight is 250 g/mol. The van der Waals surface area contributed by atoms with Gasteiger partial charge in [0.2, 0.25) is 0 Å². The van der Waals surface area contributed by atoms with Crippen molar-refractivity contribution >= 4 is 11.5 Å². The molecular formula is C13H14O5. The number of carbonyl (C=O) groups is 1. The Morgan fingerprint density at radius 3 is 2.94 bits per heavy atom. The lowest BCUT2D eigenvalue weighted by Gasteiger charge is -2.21. The molecule has 2 rings (SSSR count). The summed E-state index contributed by atoms with van der Waals surface area (Å²) < 4.78 is 15.5. The number of rotatable bonds is 3. The standard InChI is InChI=1S/C13H14O5/c1-3-17-13(15)11-8-5-4-6-10(16-2)12(8)18-7-9(11)14/h4-6,14H,3,7H2,1-2H3. The second kappa shape index (κ2) is 5.00. The molecule has 96 valence electrons. The van der Waals surface area contributed by atoms with Crippen molar-refractivity contribution in [1.82, 2.24) is 0 Å². The van der Waals surface area contributed by atoms with Crippen molar-refractivity contribution in [3.05, 3.63) is 29.5 Å². The zero-order valence-corrected chi connectivity index (χ0v) is 10.2. The lowest BCUT2D eigenvalue weighted by Crippen LogP contribution is -2.18. The van der Waals surface area contributed by atoms with Crippen molar-refractivity contribution in [3.8, 4) is 11.5 Å². The van der Waals surface area contributed by atoms with Crippen LogP contribution < -0.4 is 9.47 Å². The molecule has 0 amide bonds. The number of hydrogen-bond donors (Lipinski definition) is 1. The van der Waals surface area contributed by atoms with Crippen LogP contribution in [0.15, 0.2) is 24.0 Å². The van der Waals surface area contributed by atoms with Crippen LogP contribution in [0.1, 0.15) is 12.5 Å². The first-order valence-corrected chi connectivity index (χ1v) is 5.58. The Bertz CT molecular complexity index is 504. The molecule has 1 aliphatic heterocycles. The van der Waals surface area contributed by atoms with Gasteiger partial charge in [-0.25, -0.2) is 4.79 Å². The molecule has 1 aliphatic rings. The van der Waals surface area contributed by atoms with Crippen LogP contribution in [0.3, 0.4) is 0 Å². The molecule has 1 aromatic carbocycles. The fourth-order valence-corrected chi connectivity index (χ4v) is 1.82. The molecule has 18 heavy (non-hydrogen) atoms. The summed E-state index contributed by atoms with van der Waals surface area (Å²) in [7, 11) is 1.52. The van der Waals surface area contributed by atoms with E-state index in [0.29, 0.717) is 17.1 Å². The Morgan fingerprint density at radius 2 is 2.28 bits per heavy atom. The van der Waals surface area contributed by atoms with Gasteiger partial charge in [0, 0.05) is 5.56 Å². The van der Waals surface area contributed by atoms with Crippen LogP contribution in [-0.4, -0.2) is 31.4 Å². The fourth-order valence-electron chi connectivity index (χ4n) is 1.82. The highest BCUT2D eigenvalue weighted by Gasteiger charge is 2.28. The van der Waals surface area contributed by atoms with Gasteiger partial charge in [-0.15, -0.1) is 0 Å². The van der Waals surface area contributed by atoms with Crippen LogP contribution in [0.4, 0.5) is 0 Å². The number of aliphatic hydroxyl groups is 1. The van der Waals surface area contributed by atoms with E-state index in [9.17, 15) is 9.90 Å². The molecule has 1 aromatic rings. The van der Waals surface area contributed by atoms with Crippen molar-refractivity contribution < 1.29 is 24.1 Å². The first-order chi connectivity index (χ1) is 8.69. The molecule has 0 fully saturated rings. The molecule has 0 unspecified atom stereocenters. The Morgan fingerprint density at radius 1 is 1.50 bits per heavy atom. The Kier molecular flexibility index (Phi) is 3.41. The van der Waals surface area contributed by atoms with Crippen LogP contribution in [0, 0.1) is 0 Å². The van der Waals surface area contributed by atoms with E-state index in [0.717, 1.165) is 0 Å². The molecule has 5 nitrogen and oxygen atoms in total. The van der Waals surface area contributed by atoms with Gasteiger partial charge in [-0.05, 0) is 19.1 Å². The summed E-state index contributed by atoms with van der Waals surface area (Å²) in [6, 6.07) is 5.13. The van der Waals surface area contributed by atoms with Gasteiger partial charge in [0.25, 0.3) is 0 Å². The van der Waals surface area contributed by atoms with E-state index >= 15 is 0 Å². The monoisotopic (exact) mass is 250 g/mol. The molecule has 1 heterocycles. The highest BCUT2D eigenvalue weighted by atomic mass is 16.5. The highest BCUT2D eigenvalue weighted by molar-refractivity contribution is 6.18. The minimum Gasteiger partial charge on any atom is -0.508 e. The molecule has 5 heteroatoms. The van der Waals surface area contributed by atoms with Crippen LogP contribution >= 0.6 is 0 Å². The Hall–Kier alpha value is -2.17. The van der Waals surface area contributed by atoms with Crippen molar-refractivity contribution in [1.29, 1.82) is 0 Å². The molecule has 0 aromatic heterocycles. The van der Waals surface area contributed by atoms with Crippen molar-refractivity contribution in [3.63, 3.8) is 0 Å². The number of benzene rings is 1. The number of methoxy groups -OCH3 is 1. The summed E-state index contributed by atoms with van der Waals surface area (Å²) in [5.74, 6) is 0.268. The number of para-hydroxylation sites is 1. The topological polar surface area (TPSA) is 65.0 Å². The average Bonchev–Trinajstić information content (AvgIpc) is 2.37. The number of ether oxygens (including phenoxy) is 3. The highest BCUT2D eigenvalue weighted by Crippen LogP contribution is 2.39. The molecule has 0 saturated heterocycles. The van der Waals surface area contributed by atoms with Gasteiger partial charge in [0.15, 0.2) is 11.5 Å². The second-order valence-electron chi connectivity index (χ2n) is 3.67. The molecule has 0 radical (unpaired) electrons. The van der Waals surface area contributed by atoms with Crippen molar-refractivity contribution in [2.45, 2.75) is 6.92 Å².